The average Bonchev–Trinajstić information content (AvgIpc) is 2.25. The summed E-state index contributed by atoms with van der Waals surface area (Å²) >= 11 is 0. The topological polar surface area (TPSA) is 91.8 Å². The highest BCUT2D eigenvalue weighted by Gasteiger charge is 2.36. The standard InChI is InChI=1S/C11H19NO5S/c1-7-6-9(11(14)15)4-5-12(7)10(13)8(2)18(3,16)17/h7-9H,4-6H2,1-3H3,(H,14,15). The molecule has 1 fully saturated rings. The number of likely N-dealkylation sites (tertiary alicyclic amines) is 1. The van der Waals surface area contributed by atoms with E-state index in [0.29, 0.717) is 19.4 Å². The quantitative estimate of drug-likeness (QED) is 0.791. The largest absolute Gasteiger partial charge is 0.481 e. The van der Waals surface area contributed by atoms with Crippen LogP contribution in [0.2, 0.25) is 0 Å². The Balaban J connectivity index is 2.76. The molecule has 6 nitrogen and oxygen atoms in total. The molecule has 0 aromatic carbocycles. The van der Waals surface area contributed by atoms with Crippen molar-refractivity contribution < 1.29 is 23.1 Å². The molecule has 3 atom stereocenters. The second-order valence-electron chi connectivity index (χ2n) is 4.91. The summed E-state index contributed by atoms with van der Waals surface area (Å²) in [6.07, 6.45) is 1.78. The van der Waals surface area contributed by atoms with Gasteiger partial charge in [0.05, 0.1) is 5.92 Å². The highest BCUT2D eigenvalue weighted by Crippen LogP contribution is 2.24. The van der Waals surface area contributed by atoms with Crippen molar-refractivity contribution in [3.8, 4) is 0 Å². The fraction of sp³-hybridized carbons (Fsp3) is 0.818. The Morgan fingerprint density at radius 2 is 1.94 bits per heavy atom. The van der Waals surface area contributed by atoms with E-state index < -0.39 is 32.9 Å². The molecule has 0 aliphatic carbocycles. The molecule has 3 unspecified atom stereocenters. The first-order valence-electron chi connectivity index (χ1n) is 5.86. The molecule has 1 amide bonds. The number of carboxylic acid groups (broad SMARTS) is 1. The zero-order chi connectivity index (χ0) is 14.1. The molecular weight excluding hydrogens is 258 g/mol. The smallest absolute Gasteiger partial charge is 0.306 e. The molecule has 1 saturated heterocycles. The van der Waals surface area contributed by atoms with Gasteiger partial charge in [0.15, 0.2) is 9.84 Å². The van der Waals surface area contributed by atoms with Crippen molar-refractivity contribution in [3.05, 3.63) is 0 Å². The number of rotatable bonds is 3. The van der Waals surface area contributed by atoms with E-state index in [1.807, 2.05) is 0 Å². The third-order valence-corrected chi connectivity index (χ3v) is 4.98. The molecule has 1 aliphatic heterocycles. The Kier molecular flexibility index (Phi) is 4.37. The zero-order valence-electron chi connectivity index (χ0n) is 10.8. The number of aliphatic carboxylic acids is 1. The first kappa shape index (κ1) is 14.9. The van der Waals surface area contributed by atoms with E-state index in [9.17, 15) is 18.0 Å². The molecule has 0 saturated carbocycles. The molecule has 1 heterocycles. The van der Waals surface area contributed by atoms with Crippen LogP contribution in [0, 0.1) is 5.92 Å². The van der Waals surface area contributed by atoms with Crippen LogP contribution in [0.4, 0.5) is 0 Å². The van der Waals surface area contributed by atoms with Gasteiger partial charge in [0.1, 0.15) is 5.25 Å². The lowest BCUT2D eigenvalue weighted by atomic mass is 9.91. The molecule has 0 radical (unpaired) electrons. The minimum absolute atomic E-state index is 0.239. The van der Waals surface area contributed by atoms with E-state index >= 15 is 0 Å². The van der Waals surface area contributed by atoms with Crippen LogP contribution in [-0.4, -0.2) is 54.4 Å². The monoisotopic (exact) mass is 277 g/mol. The number of amides is 1. The Labute approximate surface area is 107 Å². The van der Waals surface area contributed by atoms with Gasteiger partial charge in [-0.1, -0.05) is 0 Å². The van der Waals surface area contributed by atoms with Gasteiger partial charge < -0.3 is 10.0 Å². The van der Waals surface area contributed by atoms with Crippen LogP contribution in [0.25, 0.3) is 0 Å². The average molecular weight is 277 g/mol. The number of nitrogens with zero attached hydrogens (tertiary/aromatic N) is 1. The van der Waals surface area contributed by atoms with Gasteiger partial charge in [0, 0.05) is 18.8 Å². The van der Waals surface area contributed by atoms with Gasteiger partial charge in [0.2, 0.25) is 5.91 Å². The van der Waals surface area contributed by atoms with Crippen molar-refractivity contribution in [2.45, 2.75) is 38.0 Å². The molecule has 0 bridgehead atoms. The van der Waals surface area contributed by atoms with Crippen molar-refractivity contribution >= 4 is 21.7 Å². The van der Waals surface area contributed by atoms with Crippen LogP contribution < -0.4 is 0 Å². The molecule has 1 rings (SSSR count). The second kappa shape index (κ2) is 5.26. The van der Waals surface area contributed by atoms with E-state index in [4.69, 9.17) is 5.11 Å². The molecule has 104 valence electrons. The van der Waals surface area contributed by atoms with Gasteiger partial charge in [-0.25, -0.2) is 8.42 Å². The molecule has 7 heteroatoms. The van der Waals surface area contributed by atoms with Crippen LogP contribution in [-0.2, 0) is 19.4 Å². The van der Waals surface area contributed by atoms with Gasteiger partial charge in [0.25, 0.3) is 0 Å². The van der Waals surface area contributed by atoms with Gasteiger partial charge in [-0.3, -0.25) is 9.59 Å². The van der Waals surface area contributed by atoms with Gasteiger partial charge in [-0.05, 0) is 26.7 Å². The Morgan fingerprint density at radius 1 is 1.39 bits per heavy atom. The van der Waals surface area contributed by atoms with Crippen LogP contribution in [0.1, 0.15) is 26.7 Å². The lowest BCUT2D eigenvalue weighted by Gasteiger charge is -2.37. The maximum Gasteiger partial charge on any atom is 0.306 e. The van der Waals surface area contributed by atoms with Crippen molar-refractivity contribution in [3.63, 3.8) is 0 Å². The Bertz CT molecular complexity index is 444. The Morgan fingerprint density at radius 3 is 2.33 bits per heavy atom. The fourth-order valence-corrected chi connectivity index (χ4v) is 2.64. The summed E-state index contributed by atoms with van der Waals surface area (Å²) in [4.78, 5) is 24.4. The maximum atomic E-state index is 12.0. The first-order valence-corrected chi connectivity index (χ1v) is 7.82. The molecule has 0 aromatic rings. The van der Waals surface area contributed by atoms with Crippen molar-refractivity contribution in [2.75, 3.05) is 12.8 Å². The van der Waals surface area contributed by atoms with Crippen molar-refractivity contribution in [1.82, 2.24) is 4.90 Å². The minimum Gasteiger partial charge on any atom is -0.481 e. The molecule has 0 spiro atoms. The van der Waals surface area contributed by atoms with E-state index in [-0.39, 0.29) is 6.04 Å². The molecule has 18 heavy (non-hydrogen) atoms. The fourth-order valence-electron chi connectivity index (χ4n) is 2.14. The van der Waals surface area contributed by atoms with Crippen molar-refractivity contribution in [1.29, 1.82) is 0 Å². The van der Waals surface area contributed by atoms with E-state index in [0.717, 1.165) is 6.26 Å². The van der Waals surface area contributed by atoms with Gasteiger partial charge in [-0.2, -0.15) is 0 Å². The zero-order valence-corrected chi connectivity index (χ0v) is 11.6. The molecule has 1 N–H and O–H groups in total. The number of piperidine rings is 1. The summed E-state index contributed by atoms with van der Waals surface area (Å²) in [5.74, 6) is -1.74. The van der Waals surface area contributed by atoms with Crippen LogP contribution in [0.5, 0.6) is 0 Å². The SMILES string of the molecule is CC1CC(C(=O)O)CCN1C(=O)C(C)S(C)(=O)=O. The van der Waals surface area contributed by atoms with Crippen LogP contribution >= 0.6 is 0 Å². The maximum absolute atomic E-state index is 12.0. The summed E-state index contributed by atoms with van der Waals surface area (Å²) in [6.45, 7) is 3.42. The lowest BCUT2D eigenvalue weighted by molar-refractivity contribution is -0.147. The summed E-state index contributed by atoms with van der Waals surface area (Å²) in [5.41, 5.74) is 0. The van der Waals surface area contributed by atoms with E-state index in [2.05, 4.69) is 0 Å². The predicted molar refractivity (Wildman–Crippen MR) is 65.8 cm³/mol. The molecule has 1 aliphatic rings. The highest BCUT2D eigenvalue weighted by atomic mass is 32.2. The molecule has 0 aromatic heterocycles. The number of sulfone groups is 1. The Hall–Kier alpha value is -1.11. The predicted octanol–water partition coefficient (Wildman–Crippen LogP) is 0.131. The highest BCUT2D eigenvalue weighted by molar-refractivity contribution is 7.92. The summed E-state index contributed by atoms with van der Waals surface area (Å²) in [7, 11) is -3.41. The summed E-state index contributed by atoms with van der Waals surface area (Å²) in [5, 5.41) is 7.85. The molecular formula is C11H19NO5S. The summed E-state index contributed by atoms with van der Waals surface area (Å²) < 4.78 is 22.7. The third-order valence-electron chi connectivity index (χ3n) is 3.50. The number of carbonyl (C=O) groups excluding carboxylic acids is 1. The second-order valence-corrected chi connectivity index (χ2v) is 7.28. The van der Waals surface area contributed by atoms with Gasteiger partial charge >= 0.3 is 5.97 Å². The van der Waals surface area contributed by atoms with Crippen molar-refractivity contribution in [2.24, 2.45) is 5.92 Å². The third kappa shape index (κ3) is 3.22. The summed E-state index contributed by atoms with van der Waals surface area (Å²) in [6, 6.07) is -0.239. The minimum atomic E-state index is -3.41. The lowest BCUT2D eigenvalue weighted by Crippen LogP contribution is -2.50. The van der Waals surface area contributed by atoms with Crippen LogP contribution in [0.3, 0.4) is 0 Å². The number of carboxylic acids is 1. The number of carbonyl (C=O) groups is 2. The van der Waals surface area contributed by atoms with E-state index in [1.165, 1.54) is 11.8 Å². The van der Waals surface area contributed by atoms with Gasteiger partial charge in [-0.15, -0.1) is 0 Å². The van der Waals surface area contributed by atoms with Crippen LogP contribution in [0.15, 0.2) is 0 Å². The van der Waals surface area contributed by atoms with E-state index in [1.54, 1.807) is 6.92 Å². The number of hydrogen-bond acceptors (Lipinski definition) is 4. The normalized spacial score (nSPS) is 26.7. The first-order chi connectivity index (χ1) is 8.14. The number of hydrogen-bond donors (Lipinski definition) is 1.